The first-order valence-electron chi connectivity index (χ1n) is 7.41. The highest BCUT2D eigenvalue weighted by atomic mass is 35.5. The van der Waals surface area contributed by atoms with Crippen molar-refractivity contribution in [2.75, 3.05) is 39.4 Å². The van der Waals surface area contributed by atoms with Gasteiger partial charge in [0.25, 0.3) is 0 Å². The zero-order valence-electron chi connectivity index (χ0n) is 12.2. The molecule has 1 aromatic carbocycles. The molecule has 0 atom stereocenters. The Morgan fingerprint density at radius 1 is 1.29 bits per heavy atom. The molecule has 3 N–H and O–H groups in total. The molecule has 1 heterocycles. The van der Waals surface area contributed by atoms with Gasteiger partial charge in [-0.3, -0.25) is 0 Å². The molecule has 1 aliphatic rings. The molecular weight excluding hydrogens is 306 g/mol. The average molecular weight is 329 g/mol. The van der Waals surface area contributed by atoms with Crippen molar-refractivity contribution in [3.8, 4) is 0 Å². The highest BCUT2D eigenvalue weighted by Gasteiger charge is 2.12. The van der Waals surface area contributed by atoms with Crippen LogP contribution in [0.15, 0.2) is 24.3 Å². The molecule has 0 aromatic heterocycles. The van der Waals surface area contributed by atoms with E-state index in [2.05, 4.69) is 10.6 Å². The largest absolute Gasteiger partial charge is 0.370 e. The van der Waals surface area contributed by atoms with Crippen LogP contribution in [0.3, 0.4) is 0 Å². The number of benzene rings is 1. The molecule has 1 aliphatic heterocycles. The Hall–Kier alpha value is -0.880. The van der Waals surface area contributed by atoms with Gasteiger partial charge in [-0.2, -0.15) is 0 Å². The molecule has 0 aliphatic carbocycles. The number of morpholine rings is 1. The Labute approximate surface area is 136 Å². The molecule has 4 nitrogen and oxygen atoms in total. The topological polar surface area (TPSA) is 37.7 Å². The van der Waals surface area contributed by atoms with Crippen LogP contribution in [0.5, 0.6) is 0 Å². The van der Waals surface area contributed by atoms with Gasteiger partial charge in [-0.1, -0.05) is 23.7 Å². The van der Waals surface area contributed by atoms with Gasteiger partial charge in [-0.05, 0) is 29.9 Å². The molecule has 0 unspecified atom stereocenters. The van der Waals surface area contributed by atoms with Gasteiger partial charge in [-0.15, -0.1) is 0 Å². The monoisotopic (exact) mass is 328 g/mol. The molecule has 1 fully saturated rings. The fourth-order valence-electron chi connectivity index (χ4n) is 2.34. The lowest BCUT2D eigenvalue weighted by atomic mass is 10.2. The minimum absolute atomic E-state index is 0.696. The molecule has 6 heteroatoms. The van der Waals surface area contributed by atoms with E-state index in [1.54, 1.807) is 4.90 Å². The van der Waals surface area contributed by atoms with Crippen molar-refractivity contribution >= 4 is 28.9 Å². The Bertz CT molecular complexity index is 452. The van der Waals surface area contributed by atoms with Crippen molar-refractivity contribution in [3.05, 3.63) is 34.9 Å². The van der Waals surface area contributed by atoms with Crippen molar-refractivity contribution in [2.45, 2.75) is 13.0 Å². The minimum atomic E-state index is 0.696. The van der Waals surface area contributed by atoms with E-state index in [4.69, 9.17) is 28.6 Å². The fourth-order valence-corrected chi connectivity index (χ4v) is 2.73. The minimum Gasteiger partial charge on any atom is -0.370 e. The van der Waals surface area contributed by atoms with E-state index >= 15 is 0 Å². The van der Waals surface area contributed by atoms with Crippen LogP contribution in [0.25, 0.3) is 0 Å². The standard InChI is InChI=1S/C15H22ClN3OS/c16-14-4-1-3-13(11-14)12-18-15(21)17-5-2-6-19-7-9-20-10-8-19/h1,3-4,11H,2,5-10,12H2,(H2,17,18,21)/p+1. The van der Waals surface area contributed by atoms with Gasteiger partial charge in [0.15, 0.2) is 5.11 Å². The van der Waals surface area contributed by atoms with Crippen molar-refractivity contribution in [2.24, 2.45) is 0 Å². The third-order valence-corrected chi connectivity index (χ3v) is 4.06. The summed E-state index contributed by atoms with van der Waals surface area (Å²) >= 11 is 11.2. The highest BCUT2D eigenvalue weighted by Crippen LogP contribution is 2.09. The zero-order chi connectivity index (χ0) is 14.9. The van der Waals surface area contributed by atoms with Crippen molar-refractivity contribution in [1.29, 1.82) is 0 Å². The maximum atomic E-state index is 5.95. The van der Waals surface area contributed by atoms with Crippen LogP contribution in [0.2, 0.25) is 5.02 Å². The smallest absolute Gasteiger partial charge is 0.166 e. The summed E-state index contributed by atoms with van der Waals surface area (Å²) < 4.78 is 5.35. The number of quaternary nitrogens is 1. The van der Waals surface area contributed by atoms with Crippen molar-refractivity contribution in [3.63, 3.8) is 0 Å². The van der Waals surface area contributed by atoms with Crippen LogP contribution in [-0.2, 0) is 11.3 Å². The molecule has 0 radical (unpaired) electrons. The molecule has 0 spiro atoms. The van der Waals surface area contributed by atoms with E-state index in [0.29, 0.717) is 11.7 Å². The first-order chi connectivity index (χ1) is 10.2. The van der Waals surface area contributed by atoms with Crippen molar-refractivity contribution in [1.82, 2.24) is 10.6 Å². The number of nitrogens with one attached hydrogen (secondary N) is 3. The van der Waals surface area contributed by atoms with Gasteiger partial charge in [0.05, 0.1) is 19.8 Å². The lowest BCUT2D eigenvalue weighted by molar-refractivity contribution is -0.908. The van der Waals surface area contributed by atoms with Crippen molar-refractivity contribution < 1.29 is 9.64 Å². The van der Waals surface area contributed by atoms with E-state index in [9.17, 15) is 0 Å². The van der Waals surface area contributed by atoms with E-state index in [1.165, 1.54) is 6.54 Å². The number of halogens is 1. The van der Waals surface area contributed by atoms with E-state index < -0.39 is 0 Å². The molecule has 1 saturated heterocycles. The maximum Gasteiger partial charge on any atom is 0.166 e. The molecule has 116 valence electrons. The number of rotatable bonds is 6. The first kappa shape index (κ1) is 16.5. The van der Waals surface area contributed by atoms with Crippen LogP contribution >= 0.6 is 23.8 Å². The third-order valence-electron chi connectivity index (χ3n) is 3.53. The Morgan fingerprint density at radius 2 is 2.10 bits per heavy atom. The van der Waals surface area contributed by atoms with Crippen LogP contribution in [0.4, 0.5) is 0 Å². The SMILES string of the molecule is S=C(NCCC[NH+]1CCOCC1)NCc1cccc(Cl)c1. The van der Waals surface area contributed by atoms with E-state index in [0.717, 1.165) is 49.9 Å². The first-order valence-corrected chi connectivity index (χ1v) is 8.20. The fraction of sp³-hybridized carbons (Fsp3) is 0.533. The summed E-state index contributed by atoms with van der Waals surface area (Å²) in [5.74, 6) is 0. The molecule has 2 rings (SSSR count). The molecule has 1 aromatic rings. The summed E-state index contributed by atoms with van der Waals surface area (Å²) in [4.78, 5) is 1.63. The van der Waals surface area contributed by atoms with E-state index in [-0.39, 0.29) is 0 Å². The summed E-state index contributed by atoms with van der Waals surface area (Å²) in [6, 6.07) is 7.79. The molecular formula is C15H23ClN3OS+. The second-order valence-electron chi connectivity index (χ2n) is 5.21. The molecule has 0 saturated carbocycles. The van der Waals surface area contributed by atoms with Gasteiger partial charge in [0.2, 0.25) is 0 Å². The Morgan fingerprint density at radius 3 is 2.86 bits per heavy atom. The normalized spacial score (nSPS) is 15.7. The molecule has 0 bridgehead atoms. The summed E-state index contributed by atoms with van der Waals surface area (Å²) in [6.07, 6.45) is 1.12. The predicted octanol–water partition coefficient (Wildman–Crippen LogP) is 0.609. The predicted molar refractivity (Wildman–Crippen MR) is 89.9 cm³/mol. The average Bonchev–Trinajstić information content (AvgIpc) is 2.51. The van der Waals surface area contributed by atoms with E-state index in [1.807, 2.05) is 24.3 Å². The van der Waals surface area contributed by atoms with Crippen LogP contribution < -0.4 is 15.5 Å². The van der Waals surface area contributed by atoms with Gasteiger partial charge in [0, 0.05) is 24.5 Å². The Balaban J connectivity index is 1.55. The highest BCUT2D eigenvalue weighted by molar-refractivity contribution is 7.80. The van der Waals surface area contributed by atoms with Crippen LogP contribution in [0.1, 0.15) is 12.0 Å². The number of hydrogen-bond acceptors (Lipinski definition) is 2. The lowest BCUT2D eigenvalue weighted by Gasteiger charge is -2.23. The number of ether oxygens (including phenoxy) is 1. The number of thiocarbonyl (C=S) groups is 1. The third kappa shape index (κ3) is 6.61. The lowest BCUT2D eigenvalue weighted by Crippen LogP contribution is -3.14. The van der Waals surface area contributed by atoms with Gasteiger partial charge < -0.3 is 20.3 Å². The second kappa shape index (κ2) is 9.20. The van der Waals surface area contributed by atoms with Gasteiger partial charge >= 0.3 is 0 Å². The summed E-state index contributed by atoms with van der Waals surface area (Å²) in [7, 11) is 0. The second-order valence-corrected chi connectivity index (χ2v) is 6.05. The number of hydrogen-bond donors (Lipinski definition) is 3. The maximum absolute atomic E-state index is 5.95. The van der Waals surface area contributed by atoms with Crippen LogP contribution in [0, 0.1) is 0 Å². The molecule has 0 amide bonds. The summed E-state index contributed by atoms with van der Waals surface area (Å²) in [5.41, 5.74) is 1.13. The zero-order valence-corrected chi connectivity index (χ0v) is 13.7. The quantitative estimate of drug-likeness (QED) is 0.528. The molecule has 21 heavy (non-hydrogen) atoms. The van der Waals surface area contributed by atoms with Gasteiger partial charge in [0.1, 0.15) is 13.1 Å². The Kier molecular flexibility index (Phi) is 7.23. The summed E-state index contributed by atoms with van der Waals surface area (Å²) in [5, 5.41) is 7.90. The van der Waals surface area contributed by atoms with Gasteiger partial charge in [-0.25, -0.2) is 0 Å². The summed E-state index contributed by atoms with van der Waals surface area (Å²) in [6.45, 7) is 6.81. The van der Waals surface area contributed by atoms with Crippen LogP contribution in [-0.4, -0.2) is 44.5 Å².